The van der Waals surface area contributed by atoms with Crippen LogP contribution in [0.15, 0.2) is 48.5 Å². The Labute approximate surface area is 180 Å². The van der Waals surface area contributed by atoms with Gasteiger partial charge < -0.3 is 20.5 Å². The van der Waals surface area contributed by atoms with Crippen molar-refractivity contribution < 1.29 is 24.2 Å². The molecule has 3 N–H and O–H groups in total. The summed E-state index contributed by atoms with van der Waals surface area (Å²) in [6.07, 6.45) is 2.25. The minimum atomic E-state index is -0.894. The number of fused-ring (bicyclic) bond motifs is 3. The zero-order valence-electron chi connectivity index (χ0n) is 17.2. The van der Waals surface area contributed by atoms with Crippen molar-refractivity contribution in [3.05, 3.63) is 59.7 Å². The van der Waals surface area contributed by atoms with Crippen LogP contribution in [0.2, 0.25) is 0 Å². The Hall–Kier alpha value is -3.35. The molecular formula is C24H26N2O5. The molecule has 0 aromatic heterocycles. The van der Waals surface area contributed by atoms with Gasteiger partial charge >= 0.3 is 12.1 Å². The van der Waals surface area contributed by atoms with Crippen LogP contribution in [0.25, 0.3) is 11.1 Å². The number of nitrogens with one attached hydrogen (secondary N) is 2. The molecule has 0 unspecified atom stereocenters. The van der Waals surface area contributed by atoms with Gasteiger partial charge in [-0.2, -0.15) is 0 Å². The molecule has 2 aromatic carbocycles. The van der Waals surface area contributed by atoms with E-state index in [4.69, 9.17) is 4.74 Å². The molecule has 0 heterocycles. The SMILES string of the molecule is O=C(CNC(=O)OCC1c2ccccc2-c2ccccc21)N[C@H]1CCCC[C@H]1C(=O)O. The van der Waals surface area contributed by atoms with Crippen molar-refractivity contribution in [2.24, 2.45) is 5.92 Å². The fourth-order valence-corrected chi connectivity index (χ4v) is 4.66. The van der Waals surface area contributed by atoms with E-state index < -0.39 is 29.9 Å². The summed E-state index contributed by atoms with van der Waals surface area (Å²) >= 11 is 0. The van der Waals surface area contributed by atoms with Gasteiger partial charge in [-0.15, -0.1) is 0 Å². The third kappa shape index (κ3) is 4.55. The van der Waals surface area contributed by atoms with Crippen LogP contribution >= 0.6 is 0 Å². The Balaban J connectivity index is 1.29. The molecule has 0 bridgehead atoms. The van der Waals surface area contributed by atoms with Crippen molar-refractivity contribution in [1.82, 2.24) is 10.6 Å². The fourth-order valence-electron chi connectivity index (χ4n) is 4.66. The molecule has 0 aliphatic heterocycles. The van der Waals surface area contributed by atoms with Gasteiger partial charge in [-0.25, -0.2) is 4.79 Å². The number of hydrogen-bond acceptors (Lipinski definition) is 4. The van der Waals surface area contributed by atoms with E-state index >= 15 is 0 Å². The summed E-state index contributed by atoms with van der Waals surface area (Å²) in [4.78, 5) is 35.7. The van der Waals surface area contributed by atoms with Crippen LogP contribution in [0.3, 0.4) is 0 Å². The van der Waals surface area contributed by atoms with Gasteiger partial charge in [-0.1, -0.05) is 61.4 Å². The lowest BCUT2D eigenvalue weighted by Crippen LogP contribution is -2.48. The normalized spacial score (nSPS) is 19.7. The summed E-state index contributed by atoms with van der Waals surface area (Å²) in [5, 5.41) is 14.5. The number of amides is 2. The van der Waals surface area contributed by atoms with E-state index in [2.05, 4.69) is 22.8 Å². The minimum Gasteiger partial charge on any atom is -0.481 e. The average Bonchev–Trinajstić information content (AvgIpc) is 3.10. The average molecular weight is 422 g/mol. The predicted molar refractivity (Wildman–Crippen MR) is 115 cm³/mol. The predicted octanol–water partition coefficient (Wildman–Crippen LogP) is 3.28. The van der Waals surface area contributed by atoms with E-state index in [1.807, 2.05) is 36.4 Å². The van der Waals surface area contributed by atoms with E-state index in [1.54, 1.807) is 0 Å². The Morgan fingerprint density at radius 3 is 2.19 bits per heavy atom. The van der Waals surface area contributed by atoms with Crippen LogP contribution < -0.4 is 10.6 Å². The van der Waals surface area contributed by atoms with Crippen molar-refractivity contribution in [2.45, 2.75) is 37.6 Å². The Bertz CT molecular complexity index is 944. The van der Waals surface area contributed by atoms with Crippen LogP contribution in [-0.2, 0) is 14.3 Å². The number of carboxylic acid groups (broad SMARTS) is 1. The van der Waals surface area contributed by atoms with Crippen LogP contribution in [0.1, 0.15) is 42.7 Å². The topological polar surface area (TPSA) is 105 Å². The Morgan fingerprint density at radius 2 is 1.55 bits per heavy atom. The first-order valence-corrected chi connectivity index (χ1v) is 10.7. The molecule has 7 heteroatoms. The van der Waals surface area contributed by atoms with E-state index in [0.29, 0.717) is 12.8 Å². The quantitative estimate of drug-likeness (QED) is 0.663. The minimum absolute atomic E-state index is 0.0504. The van der Waals surface area contributed by atoms with Gasteiger partial charge in [0.2, 0.25) is 5.91 Å². The van der Waals surface area contributed by atoms with Gasteiger partial charge in [0.25, 0.3) is 0 Å². The molecule has 7 nitrogen and oxygen atoms in total. The lowest BCUT2D eigenvalue weighted by molar-refractivity contribution is -0.144. The number of hydrogen-bond donors (Lipinski definition) is 3. The summed E-state index contributed by atoms with van der Waals surface area (Å²) in [5.41, 5.74) is 4.52. The molecule has 162 valence electrons. The Morgan fingerprint density at radius 1 is 0.935 bits per heavy atom. The Kier molecular flexibility index (Phi) is 6.21. The van der Waals surface area contributed by atoms with E-state index in [-0.39, 0.29) is 19.1 Å². The van der Waals surface area contributed by atoms with Gasteiger partial charge in [-0.05, 0) is 35.1 Å². The number of carbonyl (C=O) groups excluding carboxylic acids is 2. The third-order valence-electron chi connectivity index (χ3n) is 6.17. The molecule has 2 amide bonds. The molecule has 2 atom stereocenters. The molecule has 2 aromatic rings. The summed E-state index contributed by atoms with van der Waals surface area (Å²) in [6.45, 7) is -0.0787. The van der Waals surface area contributed by atoms with Crippen LogP contribution in [0.5, 0.6) is 0 Å². The van der Waals surface area contributed by atoms with E-state index in [1.165, 1.54) is 0 Å². The van der Waals surface area contributed by atoms with Gasteiger partial charge in [0.15, 0.2) is 0 Å². The van der Waals surface area contributed by atoms with Crippen molar-refractivity contribution in [3.63, 3.8) is 0 Å². The highest BCUT2D eigenvalue weighted by Crippen LogP contribution is 2.44. The third-order valence-corrected chi connectivity index (χ3v) is 6.17. The highest BCUT2D eigenvalue weighted by atomic mass is 16.5. The van der Waals surface area contributed by atoms with Crippen molar-refractivity contribution >= 4 is 18.0 Å². The smallest absolute Gasteiger partial charge is 0.407 e. The molecule has 4 rings (SSSR count). The number of carboxylic acids is 1. The molecule has 2 aliphatic carbocycles. The molecular weight excluding hydrogens is 396 g/mol. The van der Waals surface area contributed by atoms with Crippen molar-refractivity contribution in [2.75, 3.05) is 13.2 Å². The van der Waals surface area contributed by atoms with E-state index in [9.17, 15) is 19.5 Å². The van der Waals surface area contributed by atoms with Gasteiger partial charge in [0, 0.05) is 12.0 Å². The summed E-state index contributed by atoms with van der Waals surface area (Å²) in [7, 11) is 0. The second kappa shape index (κ2) is 9.20. The van der Waals surface area contributed by atoms with Gasteiger partial charge in [0.1, 0.15) is 13.2 Å². The summed E-state index contributed by atoms with van der Waals surface area (Å²) < 4.78 is 5.42. The fraction of sp³-hybridized carbons (Fsp3) is 0.375. The number of carbonyl (C=O) groups is 3. The number of benzene rings is 2. The first-order valence-electron chi connectivity index (χ1n) is 10.7. The molecule has 31 heavy (non-hydrogen) atoms. The standard InChI is InChI=1S/C24H26N2O5/c27-22(26-21-12-6-5-11-19(21)23(28)29)13-25-24(30)31-14-20-17-9-3-1-7-15(17)16-8-2-4-10-18(16)20/h1-4,7-10,19-21H,5-6,11-14H2,(H,25,30)(H,26,27)(H,28,29)/t19-,21+/m1/s1. The number of rotatable bonds is 6. The second-order valence-corrected chi connectivity index (χ2v) is 8.08. The maximum absolute atomic E-state index is 12.2. The largest absolute Gasteiger partial charge is 0.481 e. The zero-order valence-corrected chi connectivity index (χ0v) is 17.2. The molecule has 0 spiro atoms. The number of alkyl carbamates (subject to hydrolysis) is 1. The molecule has 0 saturated heterocycles. The zero-order chi connectivity index (χ0) is 21.8. The van der Waals surface area contributed by atoms with Gasteiger partial charge in [0.05, 0.1) is 5.92 Å². The first-order chi connectivity index (χ1) is 15.0. The van der Waals surface area contributed by atoms with Crippen molar-refractivity contribution in [3.8, 4) is 11.1 Å². The van der Waals surface area contributed by atoms with Crippen LogP contribution in [-0.4, -0.2) is 42.3 Å². The highest BCUT2D eigenvalue weighted by molar-refractivity contribution is 5.83. The molecule has 1 saturated carbocycles. The number of aliphatic carboxylic acids is 1. The van der Waals surface area contributed by atoms with Crippen LogP contribution in [0.4, 0.5) is 4.79 Å². The number of ether oxygens (including phenoxy) is 1. The lowest BCUT2D eigenvalue weighted by atomic mass is 9.84. The molecule has 2 aliphatic rings. The van der Waals surface area contributed by atoms with Gasteiger partial charge in [-0.3, -0.25) is 9.59 Å². The maximum atomic E-state index is 12.2. The first kappa shape index (κ1) is 20.9. The summed E-state index contributed by atoms with van der Waals surface area (Å²) in [6, 6.07) is 15.7. The highest BCUT2D eigenvalue weighted by Gasteiger charge is 2.32. The molecule has 0 radical (unpaired) electrons. The second-order valence-electron chi connectivity index (χ2n) is 8.08. The van der Waals surface area contributed by atoms with Crippen molar-refractivity contribution in [1.29, 1.82) is 0 Å². The summed E-state index contributed by atoms with van der Waals surface area (Å²) in [5.74, 6) is -1.93. The van der Waals surface area contributed by atoms with E-state index in [0.717, 1.165) is 35.1 Å². The monoisotopic (exact) mass is 422 g/mol. The lowest BCUT2D eigenvalue weighted by Gasteiger charge is -2.29. The maximum Gasteiger partial charge on any atom is 0.407 e. The molecule has 1 fully saturated rings. The van der Waals surface area contributed by atoms with Crippen LogP contribution in [0, 0.1) is 5.92 Å².